The van der Waals surface area contributed by atoms with Crippen molar-refractivity contribution >= 4 is 21.6 Å². The number of halogens is 2. The lowest BCUT2D eigenvalue weighted by atomic mass is 10.1. The van der Waals surface area contributed by atoms with Crippen molar-refractivity contribution in [2.45, 2.75) is 39.1 Å². The zero-order valence-corrected chi connectivity index (χ0v) is 19.8. The average molecular weight is 473 g/mol. The first-order chi connectivity index (χ1) is 15.5. The van der Waals surface area contributed by atoms with E-state index in [9.17, 15) is 22.0 Å². The van der Waals surface area contributed by atoms with E-state index in [1.165, 1.54) is 0 Å². The number of carbonyl (C=O) groups is 1. The summed E-state index contributed by atoms with van der Waals surface area (Å²) in [6, 6.07) is 13.6. The van der Waals surface area contributed by atoms with Crippen molar-refractivity contribution in [2.24, 2.45) is 0 Å². The molecule has 3 aromatic carbocycles. The number of hydrogen-bond donors (Lipinski definition) is 1. The molecule has 3 rings (SSSR count). The maximum atomic E-state index is 14.0. The first-order valence-electron chi connectivity index (χ1n) is 10.4. The molecule has 8 heteroatoms. The molecule has 1 N–H and O–H groups in total. The smallest absolute Gasteiger partial charge is 0.244 e. The van der Waals surface area contributed by atoms with Gasteiger partial charge in [0, 0.05) is 12.6 Å². The van der Waals surface area contributed by atoms with E-state index >= 15 is 0 Å². The molecule has 0 saturated heterocycles. The number of sulfonamides is 1. The maximum Gasteiger partial charge on any atom is 0.244 e. The quantitative estimate of drug-likeness (QED) is 0.525. The zero-order valence-electron chi connectivity index (χ0n) is 18.9. The van der Waals surface area contributed by atoms with Gasteiger partial charge in [0.05, 0.1) is 17.1 Å². The highest BCUT2D eigenvalue weighted by molar-refractivity contribution is 7.89. The second kappa shape index (κ2) is 9.80. The van der Waals surface area contributed by atoms with Crippen LogP contribution in [0.5, 0.6) is 0 Å². The van der Waals surface area contributed by atoms with E-state index < -0.39 is 34.1 Å². The Kier molecular flexibility index (Phi) is 7.29. The molecule has 0 spiro atoms. The molecule has 0 heterocycles. The summed E-state index contributed by atoms with van der Waals surface area (Å²) in [4.78, 5) is 12.9. The molecule has 0 atom stereocenters. The van der Waals surface area contributed by atoms with Gasteiger partial charge >= 0.3 is 0 Å². The van der Waals surface area contributed by atoms with E-state index in [1.54, 1.807) is 38.1 Å². The summed E-state index contributed by atoms with van der Waals surface area (Å²) in [5, 5.41) is 2.34. The number of anilines is 1. The lowest BCUT2D eigenvalue weighted by Gasteiger charge is -2.24. The monoisotopic (exact) mass is 472 g/mol. The van der Waals surface area contributed by atoms with Crippen molar-refractivity contribution in [2.75, 3.05) is 11.9 Å². The number of benzene rings is 3. The Morgan fingerprint density at radius 1 is 0.879 bits per heavy atom. The summed E-state index contributed by atoms with van der Waals surface area (Å²) in [7, 11) is -4.07. The van der Waals surface area contributed by atoms with Crippen molar-refractivity contribution in [3.05, 3.63) is 94.0 Å². The average Bonchev–Trinajstić information content (AvgIpc) is 2.70. The largest absolute Gasteiger partial charge is 0.322 e. The highest BCUT2D eigenvalue weighted by Gasteiger charge is 2.30. The number of nitrogens with zero attached hydrogens (tertiary/aromatic N) is 1. The molecule has 0 aromatic heterocycles. The molecule has 5 nitrogen and oxygen atoms in total. The summed E-state index contributed by atoms with van der Waals surface area (Å²) in [5.74, 6) is -2.46. The van der Waals surface area contributed by atoms with Crippen molar-refractivity contribution in [3.8, 4) is 0 Å². The van der Waals surface area contributed by atoms with Crippen LogP contribution >= 0.6 is 0 Å². The van der Waals surface area contributed by atoms with Gasteiger partial charge in [-0.3, -0.25) is 4.79 Å². The normalized spacial score (nSPS) is 11.6. The molecule has 0 fully saturated rings. The first-order valence-corrected chi connectivity index (χ1v) is 11.8. The standard InChI is InChI=1S/C25H26F2N2O3S/c1-16-5-7-20(8-6-16)14-29(15-24(30)28-23-10-9-21(26)13-22(23)27)33(31,32)25-18(3)11-17(2)12-19(25)4/h5-13H,14-15H2,1-4H3,(H,28,30). The molecule has 0 unspecified atom stereocenters. The third-order valence-electron chi connectivity index (χ3n) is 5.21. The third-order valence-corrected chi connectivity index (χ3v) is 7.31. The minimum absolute atomic E-state index is 0.0469. The Labute approximate surface area is 193 Å². The summed E-state index contributed by atoms with van der Waals surface area (Å²) in [6.45, 7) is 6.64. The van der Waals surface area contributed by atoms with Crippen molar-refractivity contribution in [1.82, 2.24) is 4.31 Å². The van der Waals surface area contributed by atoms with Crippen LogP contribution in [0.15, 0.2) is 59.5 Å². The van der Waals surface area contributed by atoms with Gasteiger partial charge in [-0.25, -0.2) is 17.2 Å². The minimum atomic E-state index is -4.07. The Balaban J connectivity index is 1.97. The van der Waals surface area contributed by atoms with Crippen LogP contribution in [-0.4, -0.2) is 25.2 Å². The molecule has 0 aliphatic heterocycles. The molecule has 0 aliphatic carbocycles. The Morgan fingerprint density at radius 3 is 2.06 bits per heavy atom. The van der Waals surface area contributed by atoms with E-state index in [1.807, 2.05) is 26.0 Å². The Morgan fingerprint density at radius 2 is 1.48 bits per heavy atom. The maximum absolute atomic E-state index is 14.0. The van der Waals surface area contributed by atoms with Gasteiger partial charge in [-0.15, -0.1) is 0 Å². The molecular weight excluding hydrogens is 446 g/mol. The molecule has 3 aromatic rings. The number of amides is 1. The molecule has 0 bridgehead atoms. The summed E-state index contributed by atoms with van der Waals surface area (Å²) in [5.41, 5.74) is 3.57. The Bertz CT molecular complexity index is 1270. The second-order valence-corrected chi connectivity index (χ2v) is 10.0. The molecule has 0 aliphatic rings. The van der Waals surface area contributed by atoms with Crippen molar-refractivity contribution in [3.63, 3.8) is 0 Å². The third kappa shape index (κ3) is 5.83. The molecule has 0 radical (unpaired) electrons. The topological polar surface area (TPSA) is 66.5 Å². The lowest BCUT2D eigenvalue weighted by Crippen LogP contribution is -2.38. The van der Waals surface area contributed by atoms with Gasteiger partial charge < -0.3 is 5.32 Å². The number of hydrogen-bond acceptors (Lipinski definition) is 3. The van der Waals surface area contributed by atoms with Crippen molar-refractivity contribution in [1.29, 1.82) is 0 Å². The van der Waals surface area contributed by atoms with Crippen LogP contribution in [0, 0.1) is 39.3 Å². The van der Waals surface area contributed by atoms with Crippen LogP contribution in [0.1, 0.15) is 27.8 Å². The van der Waals surface area contributed by atoms with Gasteiger partial charge in [0.25, 0.3) is 0 Å². The molecule has 174 valence electrons. The predicted octanol–water partition coefficient (Wildman–Crippen LogP) is 5.03. The van der Waals surface area contributed by atoms with Gasteiger partial charge in [-0.1, -0.05) is 47.5 Å². The van der Waals surface area contributed by atoms with Crippen LogP contribution in [0.3, 0.4) is 0 Å². The van der Waals surface area contributed by atoms with Gasteiger partial charge in [-0.05, 0) is 56.5 Å². The molecule has 1 amide bonds. The van der Waals surface area contributed by atoms with E-state index in [4.69, 9.17) is 0 Å². The van der Waals surface area contributed by atoms with E-state index in [2.05, 4.69) is 5.32 Å². The molecule has 33 heavy (non-hydrogen) atoms. The second-order valence-electron chi connectivity index (χ2n) is 8.16. The van der Waals surface area contributed by atoms with Crippen LogP contribution in [0.2, 0.25) is 0 Å². The summed E-state index contributed by atoms with van der Waals surface area (Å²) in [6.07, 6.45) is 0. The van der Waals surface area contributed by atoms with E-state index in [0.29, 0.717) is 22.8 Å². The Hall–Kier alpha value is -3.10. The molecular formula is C25H26F2N2O3S. The van der Waals surface area contributed by atoms with Crippen LogP contribution in [-0.2, 0) is 21.4 Å². The summed E-state index contributed by atoms with van der Waals surface area (Å²) < 4.78 is 55.6. The fourth-order valence-corrected chi connectivity index (χ4v) is 5.56. The lowest BCUT2D eigenvalue weighted by molar-refractivity contribution is -0.116. The van der Waals surface area contributed by atoms with E-state index in [0.717, 1.165) is 27.6 Å². The summed E-state index contributed by atoms with van der Waals surface area (Å²) >= 11 is 0. The van der Waals surface area contributed by atoms with Gasteiger partial charge in [0.2, 0.25) is 15.9 Å². The fraction of sp³-hybridized carbons (Fsp3) is 0.240. The van der Waals surface area contributed by atoms with Gasteiger partial charge in [0.15, 0.2) is 0 Å². The predicted molar refractivity (Wildman–Crippen MR) is 124 cm³/mol. The zero-order chi connectivity index (χ0) is 24.3. The van der Waals surface area contributed by atoms with Crippen LogP contribution < -0.4 is 5.32 Å². The minimum Gasteiger partial charge on any atom is -0.322 e. The highest BCUT2D eigenvalue weighted by atomic mass is 32.2. The number of nitrogens with one attached hydrogen (secondary N) is 1. The molecule has 0 saturated carbocycles. The number of rotatable bonds is 7. The van der Waals surface area contributed by atoms with Crippen molar-refractivity contribution < 1.29 is 22.0 Å². The van der Waals surface area contributed by atoms with Crippen LogP contribution in [0.4, 0.5) is 14.5 Å². The highest BCUT2D eigenvalue weighted by Crippen LogP contribution is 2.27. The number of carbonyl (C=O) groups excluding carboxylic acids is 1. The SMILES string of the molecule is Cc1ccc(CN(CC(=O)Nc2ccc(F)cc2F)S(=O)(=O)c2c(C)cc(C)cc2C)cc1. The number of aryl methyl sites for hydroxylation is 4. The van der Waals surface area contributed by atoms with Gasteiger partial charge in [-0.2, -0.15) is 4.31 Å². The van der Waals surface area contributed by atoms with Crippen LogP contribution in [0.25, 0.3) is 0 Å². The fourth-order valence-electron chi connectivity index (χ4n) is 3.77. The van der Waals surface area contributed by atoms with Gasteiger partial charge in [0.1, 0.15) is 11.6 Å². The first kappa shape index (κ1) is 24.5. The van der Waals surface area contributed by atoms with E-state index in [-0.39, 0.29) is 17.1 Å².